The van der Waals surface area contributed by atoms with E-state index >= 15 is 0 Å². The van der Waals surface area contributed by atoms with Crippen molar-refractivity contribution in [1.29, 1.82) is 0 Å². The van der Waals surface area contributed by atoms with Gasteiger partial charge >= 0.3 is 5.97 Å². The zero-order chi connectivity index (χ0) is 10.4. The van der Waals surface area contributed by atoms with Gasteiger partial charge in [0.25, 0.3) is 0 Å². The van der Waals surface area contributed by atoms with Gasteiger partial charge in [-0.1, -0.05) is 5.11 Å². The summed E-state index contributed by atoms with van der Waals surface area (Å²) in [6, 6.07) is 2.59. The molecule has 0 aromatic carbocycles. The predicted molar refractivity (Wildman–Crippen MR) is 48.4 cm³/mol. The Bertz CT molecular complexity index is 359. The van der Waals surface area contributed by atoms with Gasteiger partial charge in [0.05, 0.1) is 12.5 Å². The Balaban J connectivity index is 2.88. The molecule has 0 amide bonds. The van der Waals surface area contributed by atoms with Crippen LogP contribution in [0.5, 0.6) is 0 Å². The number of nitrogens with zero attached hydrogens (tertiary/aromatic N) is 4. The van der Waals surface area contributed by atoms with E-state index in [0.29, 0.717) is 5.56 Å². The second-order valence-corrected chi connectivity index (χ2v) is 2.60. The van der Waals surface area contributed by atoms with Crippen LogP contribution in [0.2, 0.25) is 0 Å². The van der Waals surface area contributed by atoms with Crippen molar-refractivity contribution in [1.82, 2.24) is 4.98 Å². The summed E-state index contributed by atoms with van der Waals surface area (Å²) in [5, 5.41) is 12.0. The summed E-state index contributed by atoms with van der Waals surface area (Å²) in [6.45, 7) is 0. The lowest BCUT2D eigenvalue weighted by molar-refractivity contribution is -0.137. The van der Waals surface area contributed by atoms with Crippen molar-refractivity contribution >= 4 is 5.97 Å². The summed E-state index contributed by atoms with van der Waals surface area (Å²) in [5.41, 5.74) is 8.91. The first kappa shape index (κ1) is 10.0. The third-order valence-corrected chi connectivity index (χ3v) is 1.65. The van der Waals surface area contributed by atoms with E-state index in [-0.39, 0.29) is 6.42 Å². The van der Waals surface area contributed by atoms with E-state index in [1.807, 2.05) is 0 Å². The average Bonchev–Trinajstić information content (AvgIpc) is 2.18. The van der Waals surface area contributed by atoms with Crippen LogP contribution in [0.15, 0.2) is 29.6 Å². The molecule has 0 aliphatic heterocycles. The maximum Gasteiger partial charge on any atom is 0.304 e. The maximum atomic E-state index is 10.5. The van der Waals surface area contributed by atoms with E-state index in [1.165, 1.54) is 12.4 Å². The zero-order valence-corrected chi connectivity index (χ0v) is 7.24. The van der Waals surface area contributed by atoms with Crippen molar-refractivity contribution < 1.29 is 9.90 Å². The number of aliphatic carboxylic acids is 1. The van der Waals surface area contributed by atoms with Crippen molar-refractivity contribution in [3.05, 3.63) is 40.5 Å². The Labute approximate surface area is 79.8 Å². The lowest BCUT2D eigenvalue weighted by Gasteiger charge is -2.07. The fourth-order valence-electron chi connectivity index (χ4n) is 1.04. The highest BCUT2D eigenvalue weighted by Crippen LogP contribution is 2.20. The SMILES string of the molecule is [N-]=[N+]=NC(CC(=O)O)c1ccncc1. The number of carboxylic acid groups (broad SMARTS) is 1. The van der Waals surface area contributed by atoms with E-state index < -0.39 is 12.0 Å². The van der Waals surface area contributed by atoms with Crippen molar-refractivity contribution in [2.24, 2.45) is 5.11 Å². The Morgan fingerprint density at radius 3 is 2.79 bits per heavy atom. The third-order valence-electron chi connectivity index (χ3n) is 1.65. The molecule has 0 radical (unpaired) electrons. The van der Waals surface area contributed by atoms with Crippen LogP contribution >= 0.6 is 0 Å². The molecule has 0 spiro atoms. The van der Waals surface area contributed by atoms with Gasteiger partial charge in [-0.25, -0.2) is 0 Å². The number of aromatic nitrogens is 1. The highest BCUT2D eigenvalue weighted by molar-refractivity contribution is 5.67. The third kappa shape index (κ3) is 2.76. The lowest BCUT2D eigenvalue weighted by atomic mass is 10.1. The van der Waals surface area contributed by atoms with Gasteiger partial charge in [-0.15, -0.1) is 0 Å². The highest BCUT2D eigenvalue weighted by Gasteiger charge is 2.13. The van der Waals surface area contributed by atoms with Crippen molar-refractivity contribution in [2.45, 2.75) is 12.5 Å². The van der Waals surface area contributed by atoms with Crippen LogP contribution in [0.1, 0.15) is 18.0 Å². The number of rotatable bonds is 4. The Hall–Kier alpha value is -2.07. The Morgan fingerprint density at radius 2 is 2.29 bits per heavy atom. The molecule has 0 bridgehead atoms. The van der Waals surface area contributed by atoms with Crippen LogP contribution in [0, 0.1) is 0 Å². The second-order valence-electron chi connectivity index (χ2n) is 2.60. The van der Waals surface area contributed by atoms with Gasteiger partial charge in [0.15, 0.2) is 0 Å². The number of hydrogen-bond donors (Lipinski definition) is 1. The number of pyridine rings is 1. The summed E-state index contributed by atoms with van der Waals surface area (Å²) in [6.07, 6.45) is 2.84. The highest BCUT2D eigenvalue weighted by atomic mass is 16.4. The summed E-state index contributed by atoms with van der Waals surface area (Å²) in [4.78, 5) is 16.9. The average molecular weight is 192 g/mol. The van der Waals surface area contributed by atoms with Gasteiger partial charge < -0.3 is 5.11 Å². The van der Waals surface area contributed by atoms with Crippen LogP contribution in [-0.2, 0) is 4.79 Å². The van der Waals surface area contributed by atoms with Gasteiger partial charge in [0, 0.05) is 17.3 Å². The molecule has 0 aliphatic rings. The fraction of sp³-hybridized carbons (Fsp3) is 0.250. The number of azide groups is 1. The first-order valence-electron chi connectivity index (χ1n) is 3.90. The number of hydrogen-bond acceptors (Lipinski definition) is 3. The summed E-state index contributed by atoms with van der Waals surface area (Å²) < 4.78 is 0. The quantitative estimate of drug-likeness (QED) is 0.448. The van der Waals surface area contributed by atoms with E-state index in [0.717, 1.165) is 0 Å². The summed E-state index contributed by atoms with van der Waals surface area (Å²) >= 11 is 0. The molecule has 0 saturated carbocycles. The van der Waals surface area contributed by atoms with Gasteiger partial charge in [-0.05, 0) is 23.2 Å². The van der Waals surface area contributed by atoms with E-state index in [1.54, 1.807) is 12.1 Å². The molecule has 1 heterocycles. The number of carbonyl (C=O) groups is 1. The molecular formula is C8H8N4O2. The molecule has 1 unspecified atom stereocenters. The second kappa shape index (κ2) is 4.84. The van der Waals surface area contributed by atoms with Crippen LogP contribution in [-0.4, -0.2) is 16.1 Å². The first-order chi connectivity index (χ1) is 6.74. The molecular weight excluding hydrogens is 184 g/mol. The molecule has 6 heteroatoms. The molecule has 1 rings (SSSR count). The molecule has 0 aliphatic carbocycles. The summed E-state index contributed by atoms with van der Waals surface area (Å²) in [5.74, 6) is -1.00. The Morgan fingerprint density at radius 1 is 1.64 bits per heavy atom. The monoisotopic (exact) mass is 192 g/mol. The number of carboxylic acids is 1. The standard InChI is InChI=1S/C8H8N4O2/c9-12-11-7(5-8(13)14)6-1-3-10-4-2-6/h1-4,7H,5H2,(H,13,14). The molecule has 0 fully saturated rings. The van der Waals surface area contributed by atoms with Crippen molar-refractivity contribution in [3.63, 3.8) is 0 Å². The first-order valence-corrected chi connectivity index (χ1v) is 3.90. The Kier molecular flexibility index (Phi) is 3.46. The largest absolute Gasteiger partial charge is 0.481 e. The van der Waals surface area contributed by atoms with Gasteiger partial charge in [-0.3, -0.25) is 9.78 Å². The van der Waals surface area contributed by atoms with Crippen LogP contribution in [0.25, 0.3) is 10.4 Å². The minimum atomic E-state index is -1.00. The van der Waals surface area contributed by atoms with Gasteiger partial charge in [0.2, 0.25) is 0 Å². The minimum Gasteiger partial charge on any atom is -0.481 e. The smallest absolute Gasteiger partial charge is 0.304 e. The topological polar surface area (TPSA) is 99.0 Å². The summed E-state index contributed by atoms with van der Waals surface area (Å²) in [7, 11) is 0. The minimum absolute atomic E-state index is 0.214. The van der Waals surface area contributed by atoms with Gasteiger partial charge in [-0.2, -0.15) is 0 Å². The molecule has 14 heavy (non-hydrogen) atoms. The maximum absolute atomic E-state index is 10.5. The van der Waals surface area contributed by atoms with Crippen LogP contribution in [0.4, 0.5) is 0 Å². The van der Waals surface area contributed by atoms with Crippen LogP contribution < -0.4 is 0 Å². The molecule has 1 atom stereocenters. The molecule has 1 aromatic rings. The fourth-order valence-corrected chi connectivity index (χ4v) is 1.04. The van der Waals surface area contributed by atoms with Crippen LogP contribution in [0.3, 0.4) is 0 Å². The zero-order valence-electron chi connectivity index (χ0n) is 7.24. The van der Waals surface area contributed by atoms with Gasteiger partial charge in [0.1, 0.15) is 0 Å². The normalized spacial score (nSPS) is 11.4. The lowest BCUT2D eigenvalue weighted by Crippen LogP contribution is -2.03. The van der Waals surface area contributed by atoms with E-state index in [2.05, 4.69) is 15.0 Å². The molecule has 1 aromatic heterocycles. The van der Waals surface area contributed by atoms with Crippen molar-refractivity contribution in [3.8, 4) is 0 Å². The molecule has 1 N–H and O–H groups in total. The van der Waals surface area contributed by atoms with Crippen molar-refractivity contribution in [2.75, 3.05) is 0 Å². The molecule has 6 nitrogen and oxygen atoms in total. The molecule has 72 valence electrons. The van der Waals surface area contributed by atoms with E-state index in [9.17, 15) is 4.79 Å². The van der Waals surface area contributed by atoms with E-state index in [4.69, 9.17) is 10.6 Å². The predicted octanol–water partition coefficient (Wildman–Crippen LogP) is 1.91. The molecule has 0 saturated heterocycles.